The first kappa shape index (κ1) is 14.6. The first-order valence-corrected chi connectivity index (χ1v) is 6.36. The number of anilines is 1. The fourth-order valence-electron chi connectivity index (χ4n) is 1.95. The number of H-pyrrole nitrogens is 1. The van der Waals surface area contributed by atoms with Gasteiger partial charge in [-0.2, -0.15) is 5.10 Å². The van der Waals surface area contributed by atoms with E-state index in [-0.39, 0.29) is 0 Å². The Kier molecular flexibility index (Phi) is 4.22. The van der Waals surface area contributed by atoms with E-state index >= 15 is 0 Å². The minimum Gasteiger partial charge on any atom is -0.479 e. The van der Waals surface area contributed by atoms with Crippen LogP contribution in [0.1, 0.15) is 23.0 Å². The van der Waals surface area contributed by atoms with E-state index in [1.807, 2.05) is 0 Å². The summed E-state index contributed by atoms with van der Waals surface area (Å²) in [7, 11) is 0. The van der Waals surface area contributed by atoms with Crippen molar-refractivity contribution in [2.45, 2.75) is 19.9 Å². The highest BCUT2D eigenvalue weighted by Crippen LogP contribution is 2.17. The lowest BCUT2D eigenvalue weighted by atomic mass is 10.1. The fourth-order valence-corrected chi connectivity index (χ4v) is 1.95. The molecule has 0 radical (unpaired) electrons. The second kappa shape index (κ2) is 6.08. The van der Waals surface area contributed by atoms with E-state index in [0.29, 0.717) is 22.6 Å². The zero-order valence-corrected chi connectivity index (χ0v) is 11.7. The maximum absolute atomic E-state index is 12.0. The summed E-state index contributed by atoms with van der Waals surface area (Å²) in [5.41, 5.74) is 2.38. The van der Waals surface area contributed by atoms with Gasteiger partial charge in [0.25, 0.3) is 0 Å². The maximum Gasteiger partial charge on any atom is 0.330 e. The van der Waals surface area contributed by atoms with Crippen molar-refractivity contribution in [2.75, 3.05) is 5.32 Å². The van der Waals surface area contributed by atoms with Crippen LogP contribution in [0.5, 0.6) is 0 Å². The third kappa shape index (κ3) is 3.38. The maximum atomic E-state index is 12.0. The normalized spacial score (nSPS) is 11.7. The topological polar surface area (TPSA) is 107 Å². The number of carboxylic acid groups (broad SMARTS) is 1. The van der Waals surface area contributed by atoms with Crippen LogP contribution in [0.2, 0.25) is 0 Å². The van der Waals surface area contributed by atoms with Gasteiger partial charge < -0.3 is 15.7 Å². The van der Waals surface area contributed by atoms with Crippen LogP contribution in [0.4, 0.5) is 10.5 Å². The highest BCUT2D eigenvalue weighted by atomic mass is 16.4. The van der Waals surface area contributed by atoms with Crippen LogP contribution in [-0.2, 0) is 4.79 Å². The minimum absolute atomic E-state index is 0.501. The smallest absolute Gasteiger partial charge is 0.330 e. The first-order valence-electron chi connectivity index (χ1n) is 6.36. The van der Waals surface area contributed by atoms with Gasteiger partial charge in [-0.15, -0.1) is 0 Å². The molecule has 0 aliphatic carbocycles. The molecule has 110 valence electrons. The molecule has 0 unspecified atom stereocenters. The van der Waals surface area contributed by atoms with Gasteiger partial charge in [0, 0.05) is 0 Å². The first-order chi connectivity index (χ1) is 9.99. The molecule has 2 rings (SSSR count). The number of nitrogens with one attached hydrogen (secondary N) is 3. The van der Waals surface area contributed by atoms with Crippen molar-refractivity contribution >= 4 is 17.7 Å². The summed E-state index contributed by atoms with van der Waals surface area (Å²) in [6, 6.07) is 6.80. The lowest BCUT2D eigenvalue weighted by molar-refractivity contribution is -0.139. The zero-order chi connectivity index (χ0) is 15.4. The Morgan fingerprint density at radius 2 is 1.90 bits per heavy atom. The predicted octanol–water partition coefficient (Wildman–Crippen LogP) is 1.97. The van der Waals surface area contributed by atoms with Crippen molar-refractivity contribution < 1.29 is 14.7 Å². The van der Waals surface area contributed by atoms with Crippen LogP contribution in [0.3, 0.4) is 0 Å². The summed E-state index contributed by atoms with van der Waals surface area (Å²) in [4.78, 5) is 23.3. The molecular formula is C14H16N4O3. The number of carboxylic acids is 1. The Labute approximate surface area is 121 Å². The minimum atomic E-state index is -1.13. The molecule has 1 aromatic carbocycles. The standard InChI is InChI=1S/C14H16N4O3/c1-8-11(9(2)18-17-8)15-14(21)16-12(13(19)20)10-6-4-3-5-7-10/h3-7,12H,1-2H3,(H,17,18)(H,19,20)(H2,15,16,21)/t12-/m1/s1. The third-order valence-corrected chi connectivity index (χ3v) is 3.02. The van der Waals surface area contributed by atoms with Crippen LogP contribution < -0.4 is 10.6 Å². The van der Waals surface area contributed by atoms with Gasteiger partial charge in [-0.05, 0) is 19.4 Å². The van der Waals surface area contributed by atoms with Crippen LogP contribution in [0, 0.1) is 13.8 Å². The highest BCUT2D eigenvalue weighted by Gasteiger charge is 2.22. The lowest BCUT2D eigenvalue weighted by Gasteiger charge is -2.15. The molecule has 7 nitrogen and oxygen atoms in total. The van der Waals surface area contributed by atoms with Gasteiger partial charge in [0.05, 0.1) is 17.1 Å². The van der Waals surface area contributed by atoms with E-state index in [2.05, 4.69) is 20.8 Å². The molecule has 0 spiro atoms. The second-order valence-corrected chi connectivity index (χ2v) is 4.59. The molecule has 1 heterocycles. The van der Waals surface area contributed by atoms with Crippen molar-refractivity contribution in [3.63, 3.8) is 0 Å². The second-order valence-electron chi connectivity index (χ2n) is 4.59. The number of aromatic amines is 1. The molecule has 0 aliphatic heterocycles. The molecule has 0 aliphatic rings. The molecule has 0 saturated heterocycles. The number of carbonyl (C=O) groups is 2. The number of rotatable bonds is 4. The number of carbonyl (C=O) groups excluding carboxylic acids is 1. The SMILES string of the molecule is Cc1n[nH]c(C)c1NC(=O)N[C@@H](C(=O)O)c1ccccc1. The number of aryl methyl sites for hydroxylation is 2. The van der Waals surface area contributed by atoms with Crippen molar-refractivity contribution in [3.05, 3.63) is 47.3 Å². The van der Waals surface area contributed by atoms with Gasteiger partial charge in [0.15, 0.2) is 6.04 Å². The molecule has 21 heavy (non-hydrogen) atoms. The van der Waals surface area contributed by atoms with Crippen LogP contribution in [0.15, 0.2) is 30.3 Å². The van der Waals surface area contributed by atoms with E-state index in [4.69, 9.17) is 0 Å². The van der Waals surface area contributed by atoms with Gasteiger partial charge in [0.2, 0.25) is 0 Å². The van der Waals surface area contributed by atoms with Crippen molar-refractivity contribution in [1.82, 2.24) is 15.5 Å². The summed E-state index contributed by atoms with van der Waals surface area (Å²) in [6.07, 6.45) is 0. The molecule has 2 amide bonds. The zero-order valence-electron chi connectivity index (χ0n) is 11.7. The van der Waals surface area contributed by atoms with Crippen LogP contribution in [-0.4, -0.2) is 27.3 Å². The molecule has 1 aromatic heterocycles. The van der Waals surface area contributed by atoms with Gasteiger partial charge in [-0.25, -0.2) is 9.59 Å². The molecule has 0 fully saturated rings. The number of amides is 2. The highest BCUT2D eigenvalue weighted by molar-refractivity contribution is 5.93. The van der Waals surface area contributed by atoms with Gasteiger partial charge >= 0.3 is 12.0 Å². The number of benzene rings is 1. The van der Waals surface area contributed by atoms with Crippen LogP contribution >= 0.6 is 0 Å². The quantitative estimate of drug-likeness (QED) is 0.690. The van der Waals surface area contributed by atoms with Gasteiger partial charge in [-0.3, -0.25) is 5.10 Å². The Morgan fingerprint density at radius 1 is 1.24 bits per heavy atom. The Bertz CT molecular complexity index is 632. The van der Waals surface area contributed by atoms with Crippen molar-refractivity contribution in [3.8, 4) is 0 Å². The van der Waals surface area contributed by atoms with Crippen molar-refractivity contribution in [2.24, 2.45) is 0 Å². The number of hydrogen-bond donors (Lipinski definition) is 4. The molecule has 1 atom stereocenters. The largest absolute Gasteiger partial charge is 0.479 e. The molecule has 2 aromatic rings. The Balaban J connectivity index is 2.11. The van der Waals surface area contributed by atoms with E-state index in [1.165, 1.54) is 0 Å². The summed E-state index contributed by atoms with van der Waals surface area (Å²) in [5.74, 6) is -1.13. The van der Waals surface area contributed by atoms with Gasteiger partial charge in [-0.1, -0.05) is 30.3 Å². The lowest BCUT2D eigenvalue weighted by Crippen LogP contribution is -2.36. The fraction of sp³-hybridized carbons (Fsp3) is 0.214. The summed E-state index contributed by atoms with van der Waals surface area (Å²) in [6.45, 7) is 3.51. The molecular weight excluding hydrogens is 272 g/mol. The Morgan fingerprint density at radius 3 is 2.43 bits per heavy atom. The van der Waals surface area contributed by atoms with E-state index in [1.54, 1.807) is 44.2 Å². The number of urea groups is 1. The Hall–Kier alpha value is -2.83. The molecule has 0 saturated carbocycles. The van der Waals surface area contributed by atoms with E-state index < -0.39 is 18.0 Å². The van der Waals surface area contributed by atoms with E-state index in [9.17, 15) is 14.7 Å². The number of nitrogens with zero attached hydrogens (tertiary/aromatic N) is 1. The summed E-state index contributed by atoms with van der Waals surface area (Å²) in [5, 5.41) is 21.0. The number of aliphatic carboxylic acids is 1. The summed E-state index contributed by atoms with van der Waals surface area (Å²) >= 11 is 0. The average molecular weight is 288 g/mol. The monoisotopic (exact) mass is 288 g/mol. The molecule has 0 bridgehead atoms. The molecule has 7 heteroatoms. The molecule has 4 N–H and O–H groups in total. The summed E-state index contributed by atoms with van der Waals surface area (Å²) < 4.78 is 0. The average Bonchev–Trinajstić information content (AvgIpc) is 2.77. The van der Waals surface area contributed by atoms with Crippen LogP contribution in [0.25, 0.3) is 0 Å². The van der Waals surface area contributed by atoms with E-state index in [0.717, 1.165) is 0 Å². The third-order valence-electron chi connectivity index (χ3n) is 3.02. The predicted molar refractivity (Wildman–Crippen MR) is 77.0 cm³/mol. The van der Waals surface area contributed by atoms with Gasteiger partial charge in [0.1, 0.15) is 0 Å². The number of hydrogen-bond acceptors (Lipinski definition) is 3. The van der Waals surface area contributed by atoms with Crippen molar-refractivity contribution in [1.29, 1.82) is 0 Å². The number of aromatic nitrogens is 2.